The van der Waals surface area contributed by atoms with Gasteiger partial charge in [0, 0.05) is 41.3 Å². The minimum atomic E-state index is 0. The van der Waals surface area contributed by atoms with Crippen LogP contribution in [0.5, 0.6) is 0 Å². The zero-order chi connectivity index (χ0) is 16.3. The Bertz CT molecular complexity index is 709. The number of nitrogens with one attached hydrogen (secondary N) is 3. The number of hydrogen-bond donors (Lipinski definition) is 3. The van der Waals surface area contributed by atoms with Crippen LogP contribution in [0.25, 0.3) is 0 Å². The highest BCUT2D eigenvalue weighted by atomic mass is 127. The molecular weight excluding hydrogens is 481 g/mol. The fraction of sp³-hybridized carbons (Fsp3) is 0.412. The van der Waals surface area contributed by atoms with E-state index in [4.69, 9.17) is 0 Å². The predicted octanol–water partition coefficient (Wildman–Crippen LogP) is 3.50. The summed E-state index contributed by atoms with van der Waals surface area (Å²) in [5.74, 6) is 0.823. The van der Waals surface area contributed by atoms with Crippen LogP contribution in [-0.4, -0.2) is 29.7 Å². The second kappa shape index (κ2) is 8.33. The summed E-state index contributed by atoms with van der Waals surface area (Å²) in [5, 5.41) is 13.8. The highest BCUT2D eigenvalue weighted by molar-refractivity contribution is 14.0. The Morgan fingerprint density at radius 1 is 1.33 bits per heavy atom. The van der Waals surface area contributed by atoms with Crippen LogP contribution in [0.4, 0.5) is 0 Å². The van der Waals surface area contributed by atoms with Gasteiger partial charge in [-0.1, -0.05) is 34.1 Å². The molecule has 0 atom stereocenters. The van der Waals surface area contributed by atoms with Crippen LogP contribution >= 0.6 is 39.9 Å². The standard InChI is InChI=1S/C17H22BrN5.HI/c1-12-13(10-22-23-12)9-20-16(19-2)21-11-17(7-8-17)14-5-3-4-6-15(14)18;/h3-6,10H,7-9,11H2,1-2H3,(H,22,23)(H2,19,20,21);1H. The molecule has 5 nitrogen and oxygen atoms in total. The second-order valence-electron chi connectivity index (χ2n) is 6.06. The molecule has 130 valence electrons. The number of benzene rings is 1. The number of rotatable bonds is 5. The van der Waals surface area contributed by atoms with Gasteiger partial charge < -0.3 is 10.6 Å². The van der Waals surface area contributed by atoms with Crippen LogP contribution in [-0.2, 0) is 12.0 Å². The maximum absolute atomic E-state index is 4.32. The fourth-order valence-corrected chi connectivity index (χ4v) is 3.50. The summed E-state index contributed by atoms with van der Waals surface area (Å²) >= 11 is 3.68. The smallest absolute Gasteiger partial charge is 0.191 e. The average Bonchev–Trinajstić information content (AvgIpc) is 3.23. The highest BCUT2D eigenvalue weighted by Crippen LogP contribution is 2.49. The summed E-state index contributed by atoms with van der Waals surface area (Å²) in [6.45, 7) is 3.62. The number of nitrogens with zero attached hydrogens (tertiary/aromatic N) is 2. The minimum Gasteiger partial charge on any atom is -0.356 e. The molecule has 1 aromatic heterocycles. The first-order chi connectivity index (χ1) is 11.1. The van der Waals surface area contributed by atoms with Crippen LogP contribution < -0.4 is 10.6 Å². The number of H-pyrrole nitrogens is 1. The van der Waals surface area contributed by atoms with Crippen LogP contribution in [0, 0.1) is 6.92 Å². The molecule has 0 aliphatic heterocycles. The van der Waals surface area contributed by atoms with E-state index in [1.54, 1.807) is 7.05 Å². The molecule has 0 radical (unpaired) electrons. The third-order valence-corrected chi connectivity index (χ3v) is 5.19. The first-order valence-electron chi connectivity index (χ1n) is 7.83. The SMILES string of the molecule is CN=C(NCc1cn[nH]c1C)NCC1(c2ccccc2Br)CC1.I. The van der Waals surface area contributed by atoms with Gasteiger partial charge in [-0.15, -0.1) is 24.0 Å². The van der Waals surface area contributed by atoms with Gasteiger partial charge in [0.05, 0.1) is 6.20 Å². The number of aliphatic imine (C=N–C) groups is 1. The number of aromatic amines is 1. The Kier molecular flexibility index (Phi) is 6.68. The lowest BCUT2D eigenvalue weighted by Crippen LogP contribution is -2.41. The predicted molar refractivity (Wildman–Crippen MR) is 112 cm³/mol. The number of guanidine groups is 1. The lowest BCUT2D eigenvalue weighted by atomic mass is 9.96. The molecule has 3 rings (SSSR count). The van der Waals surface area contributed by atoms with Crippen molar-refractivity contribution < 1.29 is 0 Å². The van der Waals surface area contributed by atoms with Crippen molar-refractivity contribution in [3.8, 4) is 0 Å². The zero-order valence-corrected chi connectivity index (χ0v) is 17.8. The molecule has 0 spiro atoms. The van der Waals surface area contributed by atoms with Crippen molar-refractivity contribution >= 4 is 45.9 Å². The minimum absolute atomic E-state index is 0. The number of halogens is 2. The summed E-state index contributed by atoms with van der Waals surface area (Å²) in [6.07, 6.45) is 4.26. The Balaban J connectivity index is 0.00000208. The van der Waals surface area contributed by atoms with Crippen molar-refractivity contribution in [2.45, 2.75) is 31.7 Å². The molecule has 0 saturated heterocycles. The van der Waals surface area contributed by atoms with E-state index in [-0.39, 0.29) is 29.4 Å². The first kappa shape index (κ1) is 19.2. The van der Waals surface area contributed by atoms with E-state index < -0.39 is 0 Å². The van der Waals surface area contributed by atoms with Crippen molar-refractivity contribution in [2.24, 2.45) is 4.99 Å². The largest absolute Gasteiger partial charge is 0.356 e. The monoisotopic (exact) mass is 503 g/mol. The van der Waals surface area contributed by atoms with Crippen molar-refractivity contribution in [3.63, 3.8) is 0 Å². The molecule has 1 aliphatic carbocycles. The molecule has 1 fully saturated rings. The third kappa shape index (κ3) is 4.30. The third-order valence-electron chi connectivity index (χ3n) is 4.50. The van der Waals surface area contributed by atoms with Gasteiger partial charge >= 0.3 is 0 Å². The van der Waals surface area contributed by atoms with Crippen molar-refractivity contribution in [1.82, 2.24) is 20.8 Å². The summed E-state index contributed by atoms with van der Waals surface area (Å²) in [4.78, 5) is 4.32. The molecular formula is C17H23BrIN5. The number of hydrogen-bond acceptors (Lipinski definition) is 2. The van der Waals surface area contributed by atoms with Crippen molar-refractivity contribution in [2.75, 3.05) is 13.6 Å². The molecule has 1 aliphatic rings. The molecule has 0 amide bonds. The molecule has 7 heteroatoms. The van der Waals surface area contributed by atoms with Gasteiger partial charge in [0.15, 0.2) is 5.96 Å². The van der Waals surface area contributed by atoms with E-state index >= 15 is 0 Å². The summed E-state index contributed by atoms with van der Waals surface area (Å²) < 4.78 is 1.19. The van der Waals surface area contributed by atoms with E-state index in [2.05, 4.69) is 66.0 Å². The van der Waals surface area contributed by atoms with Gasteiger partial charge in [-0.2, -0.15) is 5.10 Å². The van der Waals surface area contributed by atoms with E-state index in [1.807, 2.05) is 13.1 Å². The molecule has 2 aromatic rings. The lowest BCUT2D eigenvalue weighted by molar-refractivity contribution is 0.643. The van der Waals surface area contributed by atoms with Gasteiger partial charge in [0.25, 0.3) is 0 Å². The molecule has 0 unspecified atom stereocenters. The van der Waals surface area contributed by atoms with Crippen molar-refractivity contribution in [3.05, 3.63) is 51.8 Å². The fourth-order valence-electron chi connectivity index (χ4n) is 2.79. The van der Waals surface area contributed by atoms with Gasteiger partial charge in [-0.25, -0.2) is 0 Å². The maximum atomic E-state index is 4.32. The van der Waals surface area contributed by atoms with E-state index in [1.165, 1.54) is 22.9 Å². The number of aryl methyl sites for hydroxylation is 1. The summed E-state index contributed by atoms with van der Waals surface area (Å²) in [5.41, 5.74) is 3.84. The van der Waals surface area contributed by atoms with E-state index in [0.29, 0.717) is 6.54 Å². The average molecular weight is 504 g/mol. The van der Waals surface area contributed by atoms with Crippen molar-refractivity contribution in [1.29, 1.82) is 0 Å². The Morgan fingerprint density at radius 3 is 2.67 bits per heavy atom. The molecule has 1 heterocycles. The number of aromatic nitrogens is 2. The maximum Gasteiger partial charge on any atom is 0.191 e. The van der Waals surface area contributed by atoms with Gasteiger partial charge in [0.1, 0.15) is 0 Å². The quantitative estimate of drug-likeness (QED) is 0.332. The Labute approximate surface area is 168 Å². The molecule has 24 heavy (non-hydrogen) atoms. The molecule has 0 bridgehead atoms. The van der Waals surface area contributed by atoms with Crippen LogP contribution in [0.15, 0.2) is 39.9 Å². The first-order valence-corrected chi connectivity index (χ1v) is 8.62. The van der Waals surface area contributed by atoms with E-state index in [9.17, 15) is 0 Å². The summed E-state index contributed by atoms with van der Waals surface area (Å²) in [6, 6.07) is 8.49. The molecule has 1 saturated carbocycles. The topological polar surface area (TPSA) is 65.1 Å². The van der Waals surface area contributed by atoms with Gasteiger partial charge in [-0.05, 0) is 31.4 Å². The van der Waals surface area contributed by atoms with Crippen LogP contribution in [0.2, 0.25) is 0 Å². The molecule has 3 N–H and O–H groups in total. The lowest BCUT2D eigenvalue weighted by Gasteiger charge is -2.20. The van der Waals surface area contributed by atoms with E-state index in [0.717, 1.165) is 23.8 Å². The van der Waals surface area contributed by atoms with Crippen LogP contribution in [0.1, 0.15) is 29.7 Å². The highest BCUT2D eigenvalue weighted by Gasteiger charge is 2.45. The summed E-state index contributed by atoms with van der Waals surface area (Å²) in [7, 11) is 1.80. The Morgan fingerprint density at radius 2 is 2.08 bits per heavy atom. The van der Waals surface area contributed by atoms with Gasteiger partial charge in [-0.3, -0.25) is 10.1 Å². The Hall–Kier alpha value is -1.09. The van der Waals surface area contributed by atoms with Crippen LogP contribution in [0.3, 0.4) is 0 Å². The van der Waals surface area contributed by atoms with Gasteiger partial charge in [0.2, 0.25) is 0 Å². The second-order valence-corrected chi connectivity index (χ2v) is 6.91. The normalized spacial score (nSPS) is 15.5. The zero-order valence-electron chi connectivity index (χ0n) is 13.9. The molecule has 1 aromatic carbocycles.